The van der Waals surface area contributed by atoms with E-state index in [1.165, 1.54) is 17.7 Å². The first-order valence-electron chi connectivity index (χ1n) is 5.37. The van der Waals surface area contributed by atoms with E-state index in [0.29, 0.717) is 6.04 Å². The largest absolute Gasteiger partial charge is 0.314 e. The molecule has 0 fully saturated rings. The maximum Gasteiger partial charge on any atom is 0.0421 e. The molecule has 2 heteroatoms. The van der Waals surface area contributed by atoms with Crippen LogP contribution in [-0.2, 0) is 6.42 Å². The Morgan fingerprint density at radius 1 is 1.50 bits per heavy atom. The molecule has 0 aliphatic rings. The zero-order valence-corrected chi connectivity index (χ0v) is 9.38. The molecule has 0 saturated heterocycles. The second-order valence-corrected chi connectivity index (χ2v) is 3.88. The van der Waals surface area contributed by atoms with Gasteiger partial charge in [-0.2, -0.15) is 0 Å². The summed E-state index contributed by atoms with van der Waals surface area (Å²) >= 11 is 0. The highest BCUT2D eigenvalue weighted by atomic mass is 14.9. The molecule has 0 bridgehead atoms. The van der Waals surface area contributed by atoms with E-state index in [4.69, 9.17) is 0 Å². The fraction of sp³-hybridized carbons (Fsp3) is 0.583. The summed E-state index contributed by atoms with van der Waals surface area (Å²) in [6.07, 6.45) is 4.09. The van der Waals surface area contributed by atoms with Gasteiger partial charge in [-0.25, -0.2) is 0 Å². The molecule has 1 aromatic rings. The molecule has 0 radical (unpaired) electrons. The van der Waals surface area contributed by atoms with E-state index in [1.54, 1.807) is 0 Å². The monoisotopic (exact) mass is 192 g/mol. The minimum absolute atomic E-state index is 0.518. The zero-order chi connectivity index (χ0) is 10.4. The second kappa shape index (κ2) is 5.76. The standard InChI is InChI=1S/C12H20N2/c1-4-6-13-11(3)9-12-8-10(2)5-7-14-12/h5,7-8,11,13H,4,6,9H2,1-3H3. The van der Waals surface area contributed by atoms with E-state index in [2.05, 4.69) is 37.1 Å². The number of pyridine rings is 1. The molecule has 0 aromatic carbocycles. The van der Waals surface area contributed by atoms with Crippen molar-refractivity contribution in [3.8, 4) is 0 Å². The highest BCUT2D eigenvalue weighted by Crippen LogP contribution is 2.03. The van der Waals surface area contributed by atoms with Gasteiger partial charge in [0.05, 0.1) is 0 Å². The number of aryl methyl sites for hydroxylation is 1. The molecule has 0 spiro atoms. The van der Waals surface area contributed by atoms with Crippen LogP contribution in [0.2, 0.25) is 0 Å². The molecular weight excluding hydrogens is 172 g/mol. The molecule has 1 atom stereocenters. The van der Waals surface area contributed by atoms with Gasteiger partial charge in [0.15, 0.2) is 0 Å². The van der Waals surface area contributed by atoms with Crippen LogP contribution >= 0.6 is 0 Å². The first kappa shape index (κ1) is 11.2. The lowest BCUT2D eigenvalue weighted by atomic mass is 10.1. The average molecular weight is 192 g/mol. The van der Waals surface area contributed by atoms with Crippen molar-refractivity contribution in [2.45, 2.75) is 39.7 Å². The van der Waals surface area contributed by atoms with Crippen LogP contribution in [-0.4, -0.2) is 17.6 Å². The number of aromatic nitrogens is 1. The Bertz CT molecular complexity index is 271. The van der Waals surface area contributed by atoms with E-state index in [0.717, 1.165) is 13.0 Å². The van der Waals surface area contributed by atoms with Crippen molar-refractivity contribution < 1.29 is 0 Å². The molecular formula is C12H20N2. The van der Waals surface area contributed by atoms with Gasteiger partial charge in [-0.15, -0.1) is 0 Å². The van der Waals surface area contributed by atoms with Crippen LogP contribution in [0.15, 0.2) is 18.3 Å². The fourth-order valence-electron chi connectivity index (χ4n) is 1.49. The number of nitrogens with zero attached hydrogens (tertiary/aromatic N) is 1. The summed E-state index contributed by atoms with van der Waals surface area (Å²) < 4.78 is 0. The number of hydrogen-bond donors (Lipinski definition) is 1. The number of hydrogen-bond acceptors (Lipinski definition) is 2. The van der Waals surface area contributed by atoms with Crippen molar-refractivity contribution in [3.05, 3.63) is 29.6 Å². The summed E-state index contributed by atoms with van der Waals surface area (Å²) in [5.74, 6) is 0. The molecule has 0 aliphatic heterocycles. The van der Waals surface area contributed by atoms with Crippen molar-refractivity contribution in [2.24, 2.45) is 0 Å². The van der Waals surface area contributed by atoms with Gasteiger partial charge in [-0.3, -0.25) is 4.98 Å². The smallest absolute Gasteiger partial charge is 0.0421 e. The Morgan fingerprint density at radius 2 is 2.29 bits per heavy atom. The SMILES string of the molecule is CCCNC(C)Cc1cc(C)ccn1. The van der Waals surface area contributed by atoms with Crippen molar-refractivity contribution in [2.75, 3.05) is 6.54 Å². The van der Waals surface area contributed by atoms with Gasteiger partial charge in [0.1, 0.15) is 0 Å². The molecule has 1 N–H and O–H groups in total. The molecule has 0 aliphatic carbocycles. The Kier molecular flexibility index (Phi) is 4.60. The number of rotatable bonds is 5. The third kappa shape index (κ3) is 3.88. The molecule has 0 amide bonds. The first-order valence-corrected chi connectivity index (χ1v) is 5.37. The predicted octanol–water partition coefficient (Wildman–Crippen LogP) is 2.32. The van der Waals surface area contributed by atoms with E-state index in [-0.39, 0.29) is 0 Å². The summed E-state index contributed by atoms with van der Waals surface area (Å²) in [4.78, 5) is 4.35. The van der Waals surface area contributed by atoms with Gasteiger partial charge in [0.25, 0.3) is 0 Å². The van der Waals surface area contributed by atoms with Crippen molar-refractivity contribution in [3.63, 3.8) is 0 Å². The number of nitrogens with one attached hydrogen (secondary N) is 1. The summed E-state index contributed by atoms with van der Waals surface area (Å²) in [6, 6.07) is 4.71. The Labute approximate surface area is 86.8 Å². The lowest BCUT2D eigenvalue weighted by molar-refractivity contribution is 0.538. The fourth-order valence-corrected chi connectivity index (χ4v) is 1.49. The second-order valence-electron chi connectivity index (χ2n) is 3.88. The highest BCUT2D eigenvalue weighted by Gasteiger charge is 2.02. The molecule has 78 valence electrons. The van der Waals surface area contributed by atoms with Gasteiger partial charge < -0.3 is 5.32 Å². The van der Waals surface area contributed by atoms with Crippen molar-refractivity contribution in [1.82, 2.24) is 10.3 Å². The Hall–Kier alpha value is -0.890. The van der Waals surface area contributed by atoms with Gasteiger partial charge >= 0.3 is 0 Å². The lowest BCUT2D eigenvalue weighted by Gasteiger charge is -2.12. The van der Waals surface area contributed by atoms with Gasteiger partial charge in [0.2, 0.25) is 0 Å². The maximum atomic E-state index is 4.35. The van der Waals surface area contributed by atoms with Crippen LogP contribution in [0.5, 0.6) is 0 Å². The van der Waals surface area contributed by atoms with E-state index >= 15 is 0 Å². The third-order valence-electron chi connectivity index (χ3n) is 2.23. The minimum Gasteiger partial charge on any atom is -0.314 e. The minimum atomic E-state index is 0.518. The summed E-state index contributed by atoms with van der Waals surface area (Å²) in [7, 11) is 0. The van der Waals surface area contributed by atoms with Crippen LogP contribution in [0.25, 0.3) is 0 Å². The van der Waals surface area contributed by atoms with Crippen LogP contribution in [0, 0.1) is 6.92 Å². The molecule has 1 unspecified atom stereocenters. The van der Waals surface area contributed by atoms with Crippen LogP contribution in [0.4, 0.5) is 0 Å². The van der Waals surface area contributed by atoms with Gasteiger partial charge in [0, 0.05) is 24.4 Å². The van der Waals surface area contributed by atoms with Crippen LogP contribution in [0.1, 0.15) is 31.5 Å². The summed E-state index contributed by atoms with van der Waals surface area (Å²) in [6.45, 7) is 7.59. The zero-order valence-electron chi connectivity index (χ0n) is 9.38. The van der Waals surface area contributed by atoms with E-state index in [9.17, 15) is 0 Å². The van der Waals surface area contributed by atoms with Crippen LogP contribution < -0.4 is 5.32 Å². The van der Waals surface area contributed by atoms with E-state index in [1.807, 2.05) is 12.3 Å². The molecule has 14 heavy (non-hydrogen) atoms. The van der Waals surface area contributed by atoms with Crippen molar-refractivity contribution in [1.29, 1.82) is 0 Å². The molecule has 0 saturated carbocycles. The molecule has 1 heterocycles. The van der Waals surface area contributed by atoms with Gasteiger partial charge in [-0.05, 0) is 44.5 Å². The maximum absolute atomic E-state index is 4.35. The van der Waals surface area contributed by atoms with Crippen LogP contribution in [0.3, 0.4) is 0 Å². The van der Waals surface area contributed by atoms with Crippen molar-refractivity contribution >= 4 is 0 Å². The van der Waals surface area contributed by atoms with E-state index < -0.39 is 0 Å². The third-order valence-corrected chi connectivity index (χ3v) is 2.23. The normalized spacial score (nSPS) is 12.8. The topological polar surface area (TPSA) is 24.9 Å². The lowest BCUT2D eigenvalue weighted by Crippen LogP contribution is -2.28. The molecule has 1 aromatic heterocycles. The quantitative estimate of drug-likeness (QED) is 0.774. The Morgan fingerprint density at radius 3 is 2.93 bits per heavy atom. The predicted molar refractivity (Wildman–Crippen MR) is 60.4 cm³/mol. The van der Waals surface area contributed by atoms with Gasteiger partial charge in [-0.1, -0.05) is 6.92 Å². The summed E-state index contributed by atoms with van der Waals surface area (Å²) in [5.41, 5.74) is 2.47. The average Bonchev–Trinajstić information content (AvgIpc) is 2.15. The molecule has 1 rings (SSSR count). The first-order chi connectivity index (χ1) is 6.72. The highest BCUT2D eigenvalue weighted by molar-refractivity contribution is 5.15. The summed E-state index contributed by atoms with van der Waals surface area (Å²) in [5, 5.41) is 3.46. The molecule has 2 nitrogen and oxygen atoms in total. The Balaban J connectivity index is 2.43.